The van der Waals surface area contributed by atoms with Gasteiger partial charge >= 0.3 is 6.18 Å². The molecule has 0 aliphatic carbocycles. The van der Waals surface area contributed by atoms with Crippen LogP contribution >= 0.6 is 0 Å². The number of nitrogens with zero attached hydrogens (tertiary/aromatic N) is 2. The number of nitrogens with one attached hydrogen (secondary N) is 1. The van der Waals surface area contributed by atoms with Crippen molar-refractivity contribution in [1.29, 1.82) is 0 Å². The van der Waals surface area contributed by atoms with Gasteiger partial charge in [-0.3, -0.25) is 13.9 Å². The molecule has 3 aromatic carbocycles. The number of aryl methyl sites for hydroxylation is 1. The molecule has 2 amide bonds. The van der Waals surface area contributed by atoms with Crippen LogP contribution < -0.4 is 14.4 Å². The molecule has 0 unspecified atom stereocenters. The SMILES string of the molecule is CCCCNC(=O)[C@H](C)N(Cc1ccc(OC)cc1)C(=O)CN(c1cccc(C(F)(F)F)c1)S(=O)(=O)c1ccc(C)cc1. The van der Waals surface area contributed by atoms with Crippen LogP contribution in [-0.4, -0.2) is 51.4 Å². The second-order valence-electron chi connectivity index (χ2n) is 10.1. The standard InChI is InChI=1S/C31H36F3N3O5S/c1-5-6-18-35-30(39)23(3)36(20-24-12-14-27(42-4)15-13-24)29(38)21-37(26-9-7-8-25(19-26)31(32,33)34)43(40,41)28-16-10-22(2)11-17-28/h7-17,19,23H,5-6,18,20-21H2,1-4H3,(H,35,39)/t23-/m0/s1. The highest BCUT2D eigenvalue weighted by Gasteiger charge is 2.35. The highest BCUT2D eigenvalue weighted by Crippen LogP contribution is 2.33. The first-order chi connectivity index (χ1) is 20.3. The van der Waals surface area contributed by atoms with Crippen LogP contribution in [0.3, 0.4) is 0 Å². The maximum atomic E-state index is 13.9. The predicted octanol–water partition coefficient (Wildman–Crippen LogP) is 5.55. The maximum Gasteiger partial charge on any atom is 0.416 e. The summed E-state index contributed by atoms with van der Waals surface area (Å²) < 4.78 is 74.4. The summed E-state index contributed by atoms with van der Waals surface area (Å²) in [5, 5.41) is 2.78. The third kappa shape index (κ3) is 8.73. The van der Waals surface area contributed by atoms with Crippen molar-refractivity contribution in [3.63, 3.8) is 0 Å². The first-order valence-electron chi connectivity index (χ1n) is 13.7. The Morgan fingerprint density at radius 1 is 1.00 bits per heavy atom. The predicted molar refractivity (Wildman–Crippen MR) is 158 cm³/mol. The molecule has 0 radical (unpaired) electrons. The lowest BCUT2D eigenvalue weighted by atomic mass is 10.1. The molecule has 0 heterocycles. The molecule has 1 N–H and O–H groups in total. The van der Waals surface area contributed by atoms with Crippen molar-refractivity contribution in [2.75, 3.05) is 24.5 Å². The molecule has 0 aromatic heterocycles. The van der Waals surface area contributed by atoms with Gasteiger partial charge in [-0.1, -0.05) is 49.2 Å². The maximum absolute atomic E-state index is 13.9. The molecule has 0 bridgehead atoms. The van der Waals surface area contributed by atoms with Gasteiger partial charge < -0.3 is 15.0 Å². The Labute approximate surface area is 250 Å². The van der Waals surface area contributed by atoms with Gasteiger partial charge in [0.1, 0.15) is 18.3 Å². The summed E-state index contributed by atoms with van der Waals surface area (Å²) in [5.41, 5.74) is -0.00268. The Bertz CT molecular complexity index is 1490. The average Bonchev–Trinajstić information content (AvgIpc) is 2.98. The van der Waals surface area contributed by atoms with Gasteiger partial charge in [-0.05, 0) is 68.3 Å². The minimum Gasteiger partial charge on any atom is -0.497 e. The fourth-order valence-corrected chi connectivity index (χ4v) is 5.66. The largest absolute Gasteiger partial charge is 0.497 e. The zero-order valence-electron chi connectivity index (χ0n) is 24.5. The summed E-state index contributed by atoms with van der Waals surface area (Å²) in [6, 6.07) is 15.3. The number of amides is 2. The number of methoxy groups -OCH3 is 1. The third-order valence-corrected chi connectivity index (χ3v) is 8.65. The minimum atomic E-state index is -4.75. The number of alkyl halides is 3. The Balaban J connectivity index is 2.06. The fraction of sp³-hybridized carbons (Fsp3) is 0.355. The summed E-state index contributed by atoms with van der Waals surface area (Å²) >= 11 is 0. The van der Waals surface area contributed by atoms with E-state index >= 15 is 0 Å². The van der Waals surface area contributed by atoms with Crippen molar-refractivity contribution >= 4 is 27.5 Å². The molecule has 0 saturated carbocycles. The molecular weight excluding hydrogens is 583 g/mol. The molecule has 232 valence electrons. The van der Waals surface area contributed by atoms with Crippen LogP contribution in [0.25, 0.3) is 0 Å². The summed E-state index contributed by atoms with van der Waals surface area (Å²) in [5.74, 6) is -0.642. The van der Waals surface area contributed by atoms with Gasteiger partial charge in [0.05, 0.1) is 23.3 Å². The molecule has 0 saturated heterocycles. The number of halogens is 3. The van der Waals surface area contributed by atoms with Crippen LogP contribution in [0.2, 0.25) is 0 Å². The third-order valence-electron chi connectivity index (χ3n) is 6.86. The fourth-order valence-electron chi connectivity index (χ4n) is 4.25. The van der Waals surface area contributed by atoms with E-state index in [1.165, 1.54) is 37.1 Å². The van der Waals surface area contributed by atoms with Gasteiger partial charge in [0.2, 0.25) is 11.8 Å². The lowest BCUT2D eigenvalue weighted by molar-refractivity contribution is -0.139. The molecule has 12 heteroatoms. The summed E-state index contributed by atoms with van der Waals surface area (Å²) in [6.45, 7) is 4.72. The van der Waals surface area contributed by atoms with Crippen LogP contribution in [-0.2, 0) is 32.3 Å². The number of carbonyl (C=O) groups excluding carboxylic acids is 2. The van der Waals surface area contributed by atoms with Crippen molar-refractivity contribution in [2.45, 2.75) is 57.3 Å². The Morgan fingerprint density at radius 3 is 2.23 bits per heavy atom. The van der Waals surface area contributed by atoms with Gasteiger partial charge in [0, 0.05) is 13.1 Å². The molecule has 0 fully saturated rings. The van der Waals surface area contributed by atoms with Crippen LogP contribution in [0.15, 0.2) is 77.7 Å². The molecule has 0 aliphatic rings. The molecule has 0 aliphatic heterocycles. The Morgan fingerprint density at radius 2 is 1.65 bits per heavy atom. The van der Waals surface area contributed by atoms with Crippen LogP contribution in [0.4, 0.5) is 18.9 Å². The highest BCUT2D eigenvalue weighted by atomic mass is 32.2. The number of carbonyl (C=O) groups is 2. The topological polar surface area (TPSA) is 96.0 Å². The molecule has 0 spiro atoms. The summed E-state index contributed by atoms with van der Waals surface area (Å²) in [4.78, 5) is 28.0. The van der Waals surface area contributed by atoms with E-state index in [9.17, 15) is 31.2 Å². The number of rotatable bonds is 13. The van der Waals surface area contributed by atoms with Crippen molar-refractivity contribution in [3.05, 3.63) is 89.5 Å². The normalized spacial score (nSPS) is 12.3. The number of sulfonamides is 1. The van der Waals surface area contributed by atoms with Gasteiger partial charge in [0.15, 0.2) is 0 Å². The van der Waals surface area contributed by atoms with E-state index in [0.717, 1.165) is 30.5 Å². The van der Waals surface area contributed by atoms with E-state index in [0.29, 0.717) is 28.2 Å². The van der Waals surface area contributed by atoms with Crippen molar-refractivity contribution in [1.82, 2.24) is 10.2 Å². The lowest BCUT2D eigenvalue weighted by Crippen LogP contribution is -2.51. The lowest BCUT2D eigenvalue weighted by Gasteiger charge is -2.32. The van der Waals surface area contributed by atoms with E-state index in [1.807, 2.05) is 6.92 Å². The Kier molecular flexibility index (Phi) is 11.2. The van der Waals surface area contributed by atoms with Crippen molar-refractivity contribution in [2.24, 2.45) is 0 Å². The van der Waals surface area contributed by atoms with Crippen LogP contribution in [0, 0.1) is 6.92 Å². The van der Waals surface area contributed by atoms with E-state index in [-0.39, 0.29) is 17.1 Å². The second-order valence-corrected chi connectivity index (χ2v) is 11.9. The number of hydrogen-bond donors (Lipinski definition) is 1. The van der Waals surface area contributed by atoms with Crippen molar-refractivity contribution < 1.29 is 35.9 Å². The zero-order valence-corrected chi connectivity index (χ0v) is 25.3. The molecule has 43 heavy (non-hydrogen) atoms. The smallest absolute Gasteiger partial charge is 0.416 e. The quantitative estimate of drug-likeness (QED) is 0.253. The molecule has 1 atom stereocenters. The molecule has 3 aromatic rings. The highest BCUT2D eigenvalue weighted by molar-refractivity contribution is 7.92. The van der Waals surface area contributed by atoms with E-state index < -0.39 is 46.2 Å². The number of hydrogen-bond acceptors (Lipinski definition) is 5. The summed E-state index contributed by atoms with van der Waals surface area (Å²) in [6.07, 6.45) is -3.18. The van der Waals surface area contributed by atoms with E-state index in [1.54, 1.807) is 43.3 Å². The van der Waals surface area contributed by atoms with Gasteiger partial charge in [0.25, 0.3) is 10.0 Å². The average molecular weight is 620 g/mol. The van der Waals surface area contributed by atoms with Crippen molar-refractivity contribution in [3.8, 4) is 5.75 Å². The summed E-state index contributed by atoms with van der Waals surface area (Å²) in [7, 11) is -3.00. The Hall–Kier alpha value is -4.06. The molecule has 8 nitrogen and oxygen atoms in total. The van der Waals surface area contributed by atoms with E-state index in [4.69, 9.17) is 4.74 Å². The number of benzene rings is 3. The first-order valence-corrected chi connectivity index (χ1v) is 15.2. The van der Waals surface area contributed by atoms with Crippen LogP contribution in [0.1, 0.15) is 43.4 Å². The number of anilines is 1. The second kappa shape index (κ2) is 14.4. The first kappa shape index (κ1) is 33.4. The minimum absolute atomic E-state index is 0.0633. The van der Waals surface area contributed by atoms with Gasteiger partial charge in [-0.25, -0.2) is 8.42 Å². The van der Waals surface area contributed by atoms with E-state index in [2.05, 4.69) is 5.32 Å². The number of unbranched alkanes of at least 4 members (excludes halogenated alkanes) is 1. The zero-order chi connectivity index (χ0) is 31.8. The monoisotopic (exact) mass is 619 g/mol. The van der Waals surface area contributed by atoms with Crippen LogP contribution in [0.5, 0.6) is 5.75 Å². The molecular formula is C31H36F3N3O5S. The molecule has 3 rings (SSSR count). The van der Waals surface area contributed by atoms with Gasteiger partial charge in [-0.2, -0.15) is 13.2 Å². The number of ether oxygens (including phenoxy) is 1. The van der Waals surface area contributed by atoms with Gasteiger partial charge in [-0.15, -0.1) is 0 Å².